The molecule has 228 valence electrons. The third kappa shape index (κ3) is 6.62. The number of aromatic carboxylic acids is 1. The second-order valence-corrected chi connectivity index (χ2v) is 10.8. The lowest BCUT2D eigenvalue weighted by Gasteiger charge is -2.16. The number of carbonyl (C=O) groups is 2. The van der Waals surface area contributed by atoms with Crippen molar-refractivity contribution in [2.45, 2.75) is 52.7 Å². The zero-order chi connectivity index (χ0) is 31.2. The summed E-state index contributed by atoms with van der Waals surface area (Å²) >= 11 is 0. The van der Waals surface area contributed by atoms with E-state index in [1.54, 1.807) is 43.6 Å². The van der Waals surface area contributed by atoms with Crippen molar-refractivity contribution in [1.29, 1.82) is 0 Å². The average molecular weight is 597 g/mol. The predicted molar refractivity (Wildman–Crippen MR) is 167 cm³/mol. The Morgan fingerprint density at radius 3 is 2.64 bits per heavy atom. The third-order valence-corrected chi connectivity index (χ3v) is 7.69. The fourth-order valence-electron chi connectivity index (χ4n) is 5.39. The summed E-state index contributed by atoms with van der Waals surface area (Å²) < 4.78 is 19.5. The number of aryl methyl sites for hydroxylation is 2. The van der Waals surface area contributed by atoms with E-state index in [4.69, 9.17) is 14.2 Å². The number of carboxylic acid groups (broad SMARTS) is 2. The lowest BCUT2D eigenvalue weighted by Crippen LogP contribution is -2.08. The van der Waals surface area contributed by atoms with Crippen LogP contribution in [-0.4, -0.2) is 45.6 Å². The van der Waals surface area contributed by atoms with Gasteiger partial charge in [0.25, 0.3) is 0 Å². The Morgan fingerprint density at radius 2 is 1.89 bits per heavy atom. The molecule has 0 spiro atoms. The summed E-state index contributed by atoms with van der Waals surface area (Å²) in [5.74, 6) is -0.147. The molecular weight excluding hydrogens is 560 g/mol. The molecule has 0 atom stereocenters. The number of unbranched alkanes of at least 4 members (excludes halogenated alkanes) is 1. The number of benzene rings is 3. The van der Waals surface area contributed by atoms with E-state index in [0.29, 0.717) is 35.8 Å². The largest absolute Gasteiger partial charge is 0.496 e. The van der Waals surface area contributed by atoms with Crippen LogP contribution < -0.4 is 14.2 Å². The second kappa shape index (κ2) is 13.5. The van der Waals surface area contributed by atoms with Gasteiger partial charge in [-0.05, 0) is 55.3 Å². The molecule has 0 unspecified atom stereocenters. The number of rotatable bonds is 13. The van der Waals surface area contributed by atoms with E-state index in [1.165, 1.54) is 0 Å². The quantitative estimate of drug-likeness (QED) is 0.166. The van der Waals surface area contributed by atoms with Gasteiger partial charge in [0, 0.05) is 52.8 Å². The molecule has 2 heterocycles. The first-order valence-electron chi connectivity index (χ1n) is 14.7. The van der Waals surface area contributed by atoms with Gasteiger partial charge in [-0.2, -0.15) is 5.10 Å². The summed E-state index contributed by atoms with van der Waals surface area (Å²) in [5, 5.41) is 24.6. The molecule has 1 aromatic heterocycles. The lowest BCUT2D eigenvalue weighted by atomic mass is 9.98. The van der Waals surface area contributed by atoms with Gasteiger partial charge in [0.05, 0.1) is 31.2 Å². The molecule has 44 heavy (non-hydrogen) atoms. The molecule has 9 heteroatoms. The smallest absolute Gasteiger partial charge is 0.336 e. The highest BCUT2D eigenvalue weighted by Gasteiger charge is 2.22. The normalized spacial score (nSPS) is 12.5. The molecule has 1 aliphatic heterocycles. The van der Waals surface area contributed by atoms with Crippen molar-refractivity contribution in [2.75, 3.05) is 13.7 Å². The fraction of sp³-hybridized carbons (Fsp3) is 0.286. The summed E-state index contributed by atoms with van der Waals surface area (Å²) in [6.45, 7) is 5.32. The minimum atomic E-state index is -1.05. The maximum absolute atomic E-state index is 12.6. The molecule has 2 N–H and O–H groups in total. The van der Waals surface area contributed by atoms with Crippen molar-refractivity contribution in [2.24, 2.45) is 0 Å². The summed E-state index contributed by atoms with van der Waals surface area (Å²) in [4.78, 5) is 24.4. The molecule has 5 rings (SSSR count). The van der Waals surface area contributed by atoms with Gasteiger partial charge < -0.3 is 24.4 Å². The van der Waals surface area contributed by atoms with Crippen molar-refractivity contribution in [3.63, 3.8) is 0 Å². The standard InChI is InChI=1S/C35H36N2O7/c1-4-5-13-37-33(29-11-10-22(2)15-32(29)44-21-24-8-6-7-9-28(24)35(40)41)27(20-36-37)17-26(34(38)39)16-25-19-31-23(12-14-43-31)18-30(25)42-3/h6-11,15,17-20H,4-5,12-14,16,21H2,1-3H3,(H,38,39)(H,40,41). The zero-order valence-electron chi connectivity index (χ0n) is 25.1. The van der Waals surface area contributed by atoms with E-state index >= 15 is 0 Å². The van der Waals surface area contributed by atoms with Gasteiger partial charge in [-0.3, -0.25) is 4.68 Å². The minimum Gasteiger partial charge on any atom is -0.496 e. The minimum absolute atomic E-state index is 0.0494. The highest BCUT2D eigenvalue weighted by Crippen LogP contribution is 2.37. The van der Waals surface area contributed by atoms with Crippen molar-refractivity contribution >= 4 is 18.0 Å². The number of ether oxygens (including phenoxy) is 3. The van der Waals surface area contributed by atoms with E-state index in [1.807, 2.05) is 41.9 Å². The SMILES string of the molecule is CCCCn1ncc(C=C(Cc2cc3c(cc2OC)CCO3)C(=O)O)c1-c1ccc(C)cc1OCc1ccccc1C(=O)O. The Labute approximate surface area is 256 Å². The van der Waals surface area contributed by atoms with Gasteiger partial charge in [0.2, 0.25) is 0 Å². The van der Waals surface area contributed by atoms with Gasteiger partial charge in [-0.15, -0.1) is 0 Å². The van der Waals surface area contributed by atoms with Crippen LogP contribution in [-0.2, 0) is 30.8 Å². The number of methoxy groups -OCH3 is 1. The van der Waals surface area contributed by atoms with Gasteiger partial charge >= 0.3 is 11.9 Å². The summed E-state index contributed by atoms with van der Waals surface area (Å²) in [7, 11) is 1.58. The molecule has 0 fully saturated rings. The van der Waals surface area contributed by atoms with Crippen LogP contribution in [0.25, 0.3) is 17.3 Å². The van der Waals surface area contributed by atoms with Gasteiger partial charge in [-0.25, -0.2) is 9.59 Å². The average Bonchev–Trinajstić information content (AvgIpc) is 3.64. The molecule has 0 aliphatic carbocycles. The van der Waals surface area contributed by atoms with E-state index in [-0.39, 0.29) is 24.2 Å². The van der Waals surface area contributed by atoms with Crippen LogP contribution in [0.3, 0.4) is 0 Å². The first kappa shape index (κ1) is 30.4. The highest BCUT2D eigenvalue weighted by atomic mass is 16.5. The van der Waals surface area contributed by atoms with Crippen LogP contribution in [0, 0.1) is 6.92 Å². The van der Waals surface area contributed by atoms with Crippen LogP contribution in [0.1, 0.15) is 57.9 Å². The Hall–Kier alpha value is -5.05. The molecule has 4 aromatic rings. The second-order valence-electron chi connectivity index (χ2n) is 10.8. The third-order valence-electron chi connectivity index (χ3n) is 7.69. The van der Waals surface area contributed by atoms with Crippen LogP contribution in [0.2, 0.25) is 0 Å². The van der Waals surface area contributed by atoms with Crippen LogP contribution in [0.5, 0.6) is 17.2 Å². The topological polar surface area (TPSA) is 120 Å². The number of hydrogen-bond acceptors (Lipinski definition) is 6. The lowest BCUT2D eigenvalue weighted by molar-refractivity contribution is -0.132. The molecule has 0 radical (unpaired) electrons. The number of carboxylic acids is 2. The van der Waals surface area contributed by atoms with Crippen molar-refractivity contribution in [1.82, 2.24) is 9.78 Å². The first-order chi connectivity index (χ1) is 21.3. The maximum atomic E-state index is 12.6. The summed E-state index contributed by atoms with van der Waals surface area (Å²) in [6, 6.07) is 16.3. The van der Waals surface area contributed by atoms with Gasteiger partial charge in [0.15, 0.2) is 0 Å². The van der Waals surface area contributed by atoms with Crippen LogP contribution in [0.4, 0.5) is 0 Å². The van der Waals surface area contributed by atoms with Gasteiger partial charge in [0.1, 0.15) is 23.9 Å². The summed E-state index contributed by atoms with van der Waals surface area (Å²) in [5.41, 5.74) is 5.71. The van der Waals surface area contributed by atoms with Gasteiger partial charge in [-0.1, -0.05) is 37.6 Å². The molecule has 1 aliphatic rings. The number of fused-ring (bicyclic) bond motifs is 1. The molecular formula is C35H36N2O7. The zero-order valence-corrected chi connectivity index (χ0v) is 25.1. The molecule has 0 saturated heterocycles. The molecule has 0 amide bonds. The molecule has 3 aromatic carbocycles. The van der Waals surface area contributed by atoms with E-state index < -0.39 is 11.9 Å². The Morgan fingerprint density at radius 1 is 1.07 bits per heavy atom. The van der Waals surface area contributed by atoms with Crippen molar-refractivity contribution in [3.8, 4) is 28.5 Å². The molecule has 0 bridgehead atoms. The molecule has 9 nitrogen and oxygen atoms in total. The van der Waals surface area contributed by atoms with Crippen molar-refractivity contribution in [3.05, 3.63) is 99.7 Å². The maximum Gasteiger partial charge on any atom is 0.336 e. The Bertz CT molecular complexity index is 1720. The van der Waals surface area contributed by atoms with E-state index in [9.17, 15) is 19.8 Å². The number of hydrogen-bond donors (Lipinski definition) is 2. The van der Waals surface area contributed by atoms with Crippen LogP contribution >= 0.6 is 0 Å². The Balaban J connectivity index is 1.56. The number of aliphatic carboxylic acids is 1. The monoisotopic (exact) mass is 596 g/mol. The van der Waals surface area contributed by atoms with Crippen molar-refractivity contribution < 1.29 is 34.0 Å². The number of aromatic nitrogens is 2. The molecule has 0 saturated carbocycles. The first-order valence-corrected chi connectivity index (χ1v) is 14.7. The number of nitrogens with zero attached hydrogens (tertiary/aromatic N) is 2. The predicted octanol–water partition coefficient (Wildman–Crippen LogP) is 6.59. The highest BCUT2D eigenvalue weighted by molar-refractivity contribution is 5.94. The van der Waals surface area contributed by atoms with E-state index in [2.05, 4.69) is 12.0 Å². The van der Waals surface area contributed by atoms with Crippen LogP contribution in [0.15, 0.2) is 66.4 Å². The fourth-order valence-corrected chi connectivity index (χ4v) is 5.39. The van der Waals surface area contributed by atoms with E-state index in [0.717, 1.165) is 53.0 Å². The summed E-state index contributed by atoms with van der Waals surface area (Å²) in [6.07, 6.45) is 6.08. The Kier molecular flexibility index (Phi) is 9.33.